The van der Waals surface area contributed by atoms with Gasteiger partial charge in [-0.05, 0) is 19.3 Å². The molecule has 1 atom stereocenters. The molecule has 2 rings (SSSR count). The van der Waals surface area contributed by atoms with Crippen LogP contribution in [0.1, 0.15) is 45.4 Å². The minimum atomic E-state index is -4.49. The van der Waals surface area contributed by atoms with Crippen molar-refractivity contribution < 1.29 is 22.8 Å². The maximum Gasteiger partial charge on any atom is 0.406 e. The number of piperazine rings is 1. The molecule has 114 valence electrons. The van der Waals surface area contributed by atoms with Gasteiger partial charge in [0.05, 0.1) is 0 Å². The summed E-state index contributed by atoms with van der Waals surface area (Å²) in [6, 6.07) is -1.000. The van der Waals surface area contributed by atoms with Gasteiger partial charge >= 0.3 is 6.18 Å². The fourth-order valence-electron chi connectivity index (χ4n) is 3.18. The molecule has 1 spiro atoms. The number of nitrogens with one attached hydrogen (secondary N) is 1. The van der Waals surface area contributed by atoms with Gasteiger partial charge in [-0.2, -0.15) is 13.2 Å². The van der Waals surface area contributed by atoms with Crippen LogP contribution in [-0.2, 0) is 9.59 Å². The summed E-state index contributed by atoms with van der Waals surface area (Å²) >= 11 is 0. The van der Waals surface area contributed by atoms with Gasteiger partial charge in [0.2, 0.25) is 11.8 Å². The number of carbonyl (C=O) groups is 2. The smallest absolute Gasteiger partial charge is 0.340 e. The van der Waals surface area contributed by atoms with Crippen LogP contribution in [0.25, 0.3) is 0 Å². The fourth-order valence-corrected chi connectivity index (χ4v) is 3.18. The number of hydrogen-bond donors (Lipinski definition) is 1. The highest BCUT2D eigenvalue weighted by atomic mass is 19.4. The average Bonchev–Trinajstić information content (AvgIpc) is 2.79. The molecule has 7 heteroatoms. The second kappa shape index (κ2) is 5.26. The number of hydrogen-bond acceptors (Lipinski definition) is 2. The maximum absolute atomic E-state index is 12.7. The zero-order valence-electron chi connectivity index (χ0n) is 11.4. The Balaban J connectivity index is 2.28. The van der Waals surface area contributed by atoms with E-state index in [0.717, 1.165) is 17.7 Å². The Morgan fingerprint density at radius 3 is 2.40 bits per heavy atom. The van der Waals surface area contributed by atoms with Crippen LogP contribution in [0.15, 0.2) is 0 Å². The highest BCUT2D eigenvalue weighted by Crippen LogP contribution is 2.36. The third kappa shape index (κ3) is 2.76. The number of rotatable bonds is 3. The lowest BCUT2D eigenvalue weighted by Gasteiger charge is -2.44. The molecule has 1 saturated heterocycles. The molecule has 0 aromatic rings. The molecule has 1 N–H and O–H groups in total. The van der Waals surface area contributed by atoms with E-state index in [1.54, 1.807) is 6.92 Å². The molecule has 0 bridgehead atoms. The zero-order valence-corrected chi connectivity index (χ0v) is 11.4. The Kier molecular flexibility index (Phi) is 3.97. The maximum atomic E-state index is 12.7. The lowest BCUT2D eigenvalue weighted by molar-refractivity contribution is -0.178. The molecule has 0 aromatic heterocycles. The van der Waals surface area contributed by atoms with Gasteiger partial charge in [0, 0.05) is 0 Å². The van der Waals surface area contributed by atoms with Crippen LogP contribution < -0.4 is 5.32 Å². The molecule has 2 fully saturated rings. The zero-order chi connectivity index (χ0) is 15.0. The molecule has 1 unspecified atom stereocenters. The second-order valence-electron chi connectivity index (χ2n) is 5.63. The van der Waals surface area contributed by atoms with Crippen molar-refractivity contribution in [1.29, 1.82) is 0 Å². The molecule has 2 aliphatic rings. The van der Waals surface area contributed by atoms with E-state index in [2.05, 4.69) is 5.32 Å². The molecule has 1 aliphatic carbocycles. The SMILES string of the molecule is CCCC1C(=O)NC2(CCCC2)C(=O)N1CC(F)(F)F. The normalized spacial score (nSPS) is 26.2. The molecule has 20 heavy (non-hydrogen) atoms. The van der Waals surface area contributed by atoms with Crippen molar-refractivity contribution in [3.63, 3.8) is 0 Å². The van der Waals surface area contributed by atoms with Gasteiger partial charge < -0.3 is 10.2 Å². The summed E-state index contributed by atoms with van der Waals surface area (Å²) in [4.78, 5) is 25.3. The summed E-state index contributed by atoms with van der Waals surface area (Å²) in [7, 11) is 0. The fraction of sp³-hybridized carbons (Fsp3) is 0.846. The number of alkyl halides is 3. The van der Waals surface area contributed by atoms with Crippen LogP contribution in [0, 0.1) is 0 Å². The van der Waals surface area contributed by atoms with Crippen molar-refractivity contribution in [3.8, 4) is 0 Å². The highest BCUT2D eigenvalue weighted by molar-refractivity contribution is 6.00. The van der Waals surface area contributed by atoms with Crippen LogP contribution in [0.5, 0.6) is 0 Å². The van der Waals surface area contributed by atoms with Gasteiger partial charge in [-0.1, -0.05) is 26.2 Å². The first-order valence-electron chi connectivity index (χ1n) is 6.99. The van der Waals surface area contributed by atoms with Crippen molar-refractivity contribution in [3.05, 3.63) is 0 Å². The van der Waals surface area contributed by atoms with E-state index < -0.39 is 36.1 Å². The Bertz CT molecular complexity index is 403. The summed E-state index contributed by atoms with van der Waals surface area (Å²) in [6.07, 6.45) is -1.31. The van der Waals surface area contributed by atoms with E-state index >= 15 is 0 Å². The lowest BCUT2D eigenvalue weighted by atomic mass is 9.89. The summed E-state index contributed by atoms with van der Waals surface area (Å²) in [5, 5.41) is 2.69. The van der Waals surface area contributed by atoms with E-state index in [-0.39, 0.29) is 6.42 Å². The number of nitrogens with zero attached hydrogens (tertiary/aromatic N) is 1. The van der Waals surface area contributed by atoms with Crippen LogP contribution in [0.4, 0.5) is 13.2 Å². The first-order chi connectivity index (χ1) is 9.29. The Labute approximate surface area is 115 Å². The molecule has 1 aliphatic heterocycles. The van der Waals surface area contributed by atoms with E-state index in [1.807, 2.05) is 0 Å². The quantitative estimate of drug-likeness (QED) is 0.865. The first kappa shape index (κ1) is 15.1. The van der Waals surface area contributed by atoms with Gasteiger partial charge in [-0.25, -0.2) is 0 Å². The highest BCUT2D eigenvalue weighted by Gasteiger charge is 2.53. The Morgan fingerprint density at radius 2 is 1.90 bits per heavy atom. The number of amides is 2. The van der Waals surface area contributed by atoms with Crippen LogP contribution in [0.3, 0.4) is 0 Å². The largest absolute Gasteiger partial charge is 0.406 e. The predicted octanol–water partition coefficient (Wildman–Crippen LogP) is 1.99. The summed E-state index contributed by atoms with van der Waals surface area (Å²) in [5.74, 6) is -1.01. The molecule has 2 amide bonds. The van der Waals surface area contributed by atoms with Gasteiger partial charge in [0.1, 0.15) is 18.1 Å². The lowest BCUT2D eigenvalue weighted by Crippen LogP contribution is -2.70. The number of halogens is 3. The van der Waals surface area contributed by atoms with E-state index in [9.17, 15) is 22.8 Å². The molecule has 0 aromatic carbocycles. The molecule has 4 nitrogen and oxygen atoms in total. The number of carbonyl (C=O) groups excluding carboxylic acids is 2. The van der Waals surface area contributed by atoms with Gasteiger partial charge in [0.25, 0.3) is 0 Å². The summed E-state index contributed by atoms with van der Waals surface area (Å²) < 4.78 is 38.1. The standard InChI is InChI=1S/C13H19F3N2O2/c1-2-5-9-10(19)17-12(6-3-4-7-12)11(20)18(9)8-13(14,15)16/h9H,2-8H2,1H3,(H,17,19). The van der Waals surface area contributed by atoms with Crippen molar-refractivity contribution in [2.45, 2.75) is 63.2 Å². The van der Waals surface area contributed by atoms with Gasteiger partial charge in [0.15, 0.2) is 0 Å². The molecule has 1 heterocycles. The van der Waals surface area contributed by atoms with Crippen molar-refractivity contribution in [1.82, 2.24) is 10.2 Å². The minimum Gasteiger partial charge on any atom is -0.340 e. The van der Waals surface area contributed by atoms with Crippen LogP contribution in [-0.4, -0.2) is 41.0 Å². The van der Waals surface area contributed by atoms with Crippen LogP contribution in [0.2, 0.25) is 0 Å². The minimum absolute atomic E-state index is 0.254. The Hall–Kier alpha value is -1.27. The third-order valence-corrected chi connectivity index (χ3v) is 4.08. The predicted molar refractivity (Wildman–Crippen MR) is 65.8 cm³/mol. The van der Waals surface area contributed by atoms with Crippen molar-refractivity contribution in [2.24, 2.45) is 0 Å². The summed E-state index contributed by atoms with van der Waals surface area (Å²) in [6.45, 7) is 0.440. The van der Waals surface area contributed by atoms with E-state index in [4.69, 9.17) is 0 Å². The first-order valence-corrected chi connectivity index (χ1v) is 6.99. The molecular weight excluding hydrogens is 273 g/mol. The topological polar surface area (TPSA) is 49.4 Å². The monoisotopic (exact) mass is 292 g/mol. The molecule has 0 radical (unpaired) electrons. The van der Waals surface area contributed by atoms with Gasteiger partial charge in [-0.3, -0.25) is 9.59 Å². The average molecular weight is 292 g/mol. The van der Waals surface area contributed by atoms with Gasteiger partial charge in [-0.15, -0.1) is 0 Å². The molecule has 1 saturated carbocycles. The van der Waals surface area contributed by atoms with E-state index in [0.29, 0.717) is 19.3 Å². The van der Waals surface area contributed by atoms with Crippen LogP contribution >= 0.6 is 0 Å². The summed E-state index contributed by atoms with van der Waals surface area (Å²) in [5.41, 5.74) is -1.09. The second-order valence-corrected chi connectivity index (χ2v) is 5.63. The Morgan fingerprint density at radius 1 is 1.30 bits per heavy atom. The van der Waals surface area contributed by atoms with Crippen molar-refractivity contribution in [2.75, 3.05) is 6.54 Å². The molecular formula is C13H19F3N2O2. The van der Waals surface area contributed by atoms with E-state index in [1.165, 1.54) is 0 Å². The third-order valence-electron chi connectivity index (χ3n) is 4.08. The van der Waals surface area contributed by atoms with Crippen molar-refractivity contribution >= 4 is 11.8 Å².